The lowest BCUT2D eigenvalue weighted by Crippen LogP contribution is -2.33. The molecule has 0 fully saturated rings. The summed E-state index contributed by atoms with van der Waals surface area (Å²) in [5.41, 5.74) is 2.16. The molecule has 0 atom stereocenters. The van der Waals surface area contributed by atoms with Gasteiger partial charge in [-0.25, -0.2) is 4.79 Å². The molecule has 0 aliphatic heterocycles. The Hall–Kier alpha value is -1.85. The Bertz CT molecular complexity index is 678. The van der Waals surface area contributed by atoms with Crippen LogP contribution >= 0.6 is 23.2 Å². The number of rotatable bonds is 4. The van der Waals surface area contributed by atoms with Crippen LogP contribution in [0.2, 0.25) is 10.0 Å². The standard InChI is InChI=1S/C16H17Cl2N3O2/c1-4-21(5-2)16(22)23-15-7-6-14(19-20-15)11-8-12(17)10(3)13(18)9-11/h6-9H,4-5H2,1-3H3. The Morgan fingerprint density at radius 2 is 1.74 bits per heavy atom. The average molecular weight is 354 g/mol. The van der Waals surface area contributed by atoms with E-state index in [1.54, 1.807) is 29.2 Å². The number of ether oxygens (including phenoxy) is 1. The molecule has 1 aromatic heterocycles. The molecule has 0 radical (unpaired) electrons. The first-order valence-electron chi connectivity index (χ1n) is 7.22. The van der Waals surface area contributed by atoms with E-state index in [0.29, 0.717) is 28.8 Å². The molecule has 0 saturated heterocycles. The maximum Gasteiger partial charge on any atom is 0.416 e. The van der Waals surface area contributed by atoms with Crippen molar-refractivity contribution < 1.29 is 9.53 Å². The number of nitrogens with zero attached hydrogens (tertiary/aromatic N) is 3. The smallest absolute Gasteiger partial charge is 0.389 e. The fourth-order valence-corrected chi connectivity index (χ4v) is 2.44. The van der Waals surface area contributed by atoms with Crippen LogP contribution in [-0.4, -0.2) is 34.3 Å². The second-order valence-corrected chi connectivity index (χ2v) is 5.68. The quantitative estimate of drug-likeness (QED) is 0.805. The van der Waals surface area contributed by atoms with Gasteiger partial charge in [0.1, 0.15) is 0 Å². The zero-order chi connectivity index (χ0) is 17.0. The van der Waals surface area contributed by atoms with Crippen LogP contribution in [0.3, 0.4) is 0 Å². The van der Waals surface area contributed by atoms with Crippen LogP contribution in [-0.2, 0) is 0 Å². The number of benzene rings is 1. The highest BCUT2D eigenvalue weighted by molar-refractivity contribution is 6.36. The van der Waals surface area contributed by atoms with Crippen LogP contribution in [0.25, 0.3) is 11.3 Å². The summed E-state index contributed by atoms with van der Waals surface area (Å²) < 4.78 is 5.18. The molecule has 1 amide bonds. The third-order valence-corrected chi connectivity index (χ3v) is 4.22. The van der Waals surface area contributed by atoms with Crippen molar-refractivity contribution in [2.75, 3.05) is 13.1 Å². The molecule has 1 heterocycles. The summed E-state index contributed by atoms with van der Waals surface area (Å²) in [6.07, 6.45) is -0.446. The number of halogens is 2. The van der Waals surface area contributed by atoms with E-state index in [-0.39, 0.29) is 5.88 Å². The molecule has 0 spiro atoms. The van der Waals surface area contributed by atoms with E-state index < -0.39 is 6.09 Å². The van der Waals surface area contributed by atoms with Gasteiger partial charge in [0, 0.05) is 34.8 Å². The molecule has 0 aliphatic rings. The third-order valence-electron chi connectivity index (χ3n) is 3.43. The van der Waals surface area contributed by atoms with Crippen molar-refractivity contribution in [3.63, 3.8) is 0 Å². The zero-order valence-corrected chi connectivity index (χ0v) is 14.6. The number of carbonyl (C=O) groups excluding carboxylic acids is 1. The van der Waals surface area contributed by atoms with E-state index in [1.165, 1.54) is 0 Å². The Kier molecular flexibility index (Phi) is 5.80. The summed E-state index contributed by atoms with van der Waals surface area (Å²) in [6, 6.07) is 6.84. The van der Waals surface area contributed by atoms with Gasteiger partial charge in [-0.15, -0.1) is 10.2 Å². The van der Waals surface area contributed by atoms with E-state index >= 15 is 0 Å². The summed E-state index contributed by atoms with van der Waals surface area (Å²) in [6.45, 7) is 6.74. The van der Waals surface area contributed by atoms with E-state index in [9.17, 15) is 4.79 Å². The van der Waals surface area contributed by atoms with Gasteiger partial charge in [0.25, 0.3) is 0 Å². The average Bonchev–Trinajstić information content (AvgIpc) is 2.54. The fourth-order valence-electron chi connectivity index (χ4n) is 1.96. The molecule has 0 bridgehead atoms. The van der Waals surface area contributed by atoms with Crippen LogP contribution in [0.4, 0.5) is 4.79 Å². The number of hydrogen-bond donors (Lipinski definition) is 0. The molecule has 23 heavy (non-hydrogen) atoms. The topological polar surface area (TPSA) is 55.3 Å². The highest BCUT2D eigenvalue weighted by atomic mass is 35.5. The first-order valence-corrected chi connectivity index (χ1v) is 7.98. The van der Waals surface area contributed by atoms with Crippen molar-refractivity contribution in [3.8, 4) is 17.1 Å². The van der Waals surface area contributed by atoms with Gasteiger partial charge >= 0.3 is 6.09 Å². The van der Waals surface area contributed by atoms with Crippen molar-refractivity contribution in [3.05, 3.63) is 39.9 Å². The van der Waals surface area contributed by atoms with Gasteiger partial charge in [-0.3, -0.25) is 0 Å². The van der Waals surface area contributed by atoms with Crippen LogP contribution in [0, 0.1) is 6.92 Å². The number of carbonyl (C=O) groups is 1. The summed E-state index contributed by atoms with van der Waals surface area (Å²) >= 11 is 12.3. The highest BCUT2D eigenvalue weighted by Crippen LogP contribution is 2.30. The van der Waals surface area contributed by atoms with Gasteiger partial charge < -0.3 is 9.64 Å². The minimum Gasteiger partial charge on any atom is -0.389 e. The first-order chi connectivity index (χ1) is 11.0. The minimum absolute atomic E-state index is 0.148. The molecule has 7 heteroatoms. The van der Waals surface area contributed by atoms with Crippen molar-refractivity contribution in [1.82, 2.24) is 15.1 Å². The molecule has 0 aliphatic carbocycles. The van der Waals surface area contributed by atoms with E-state index in [1.807, 2.05) is 20.8 Å². The summed E-state index contributed by atoms with van der Waals surface area (Å²) in [4.78, 5) is 13.4. The van der Waals surface area contributed by atoms with Crippen molar-refractivity contribution in [1.29, 1.82) is 0 Å². The number of hydrogen-bond acceptors (Lipinski definition) is 4. The lowest BCUT2D eigenvalue weighted by Gasteiger charge is -2.17. The summed E-state index contributed by atoms with van der Waals surface area (Å²) in [5, 5.41) is 9.11. The summed E-state index contributed by atoms with van der Waals surface area (Å²) in [7, 11) is 0. The molecule has 2 aromatic rings. The molecule has 5 nitrogen and oxygen atoms in total. The third kappa shape index (κ3) is 4.12. The molecular weight excluding hydrogens is 337 g/mol. The lowest BCUT2D eigenvalue weighted by atomic mass is 10.1. The molecule has 0 N–H and O–H groups in total. The van der Waals surface area contributed by atoms with Gasteiger partial charge in [-0.2, -0.15) is 0 Å². The second-order valence-electron chi connectivity index (χ2n) is 4.86. The second kappa shape index (κ2) is 7.62. The Morgan fingerprint density at radius 1 is 1.13 bits per heavy atom. The van der Waals surface area contributed by atoms with E-state index in [4.69, 9.17) is 27.9 Å². The van der Waals surface area contributed by atoms with Crippen molar-refractivity contribution in [2.24, 2.45) is 0 Å². The Morgan fingerprint density at radius 3 is 2.22 bits per heavy atom. The highest BCUT2D eigenvalue weighted by Gasteiger charge is 2.13. The molecule has 1 aromatic carbocycles. The monoisotopic (exact) mass is 353 g/mol. The van der Waals surface area contributed by atoms with Crippen LogP contribution < -0.4 is 4.74 Å². The lowest BCUT2D eigenvalue weighted by molar-refractivity contribution is 0.155. The van der Waals surface area contributed by atoms with E-state index in [2.05, 4.69) is 10.2 Å². The van der Waals surface area contributed by atoms with Gasteiger partial charge in [-0.1, -0.05) is 23.2 Å². The number of aromatic nitrogens is 2. The van der Waals surface area contributed by atoms with Crippen LogP contribution in [0.5, 0.6) is 5.88 Å². The largest absolute Gasteiger partial charge is 0.416 e. The van der Waals surface area contributed by atoms with Crippen LogP contribution in [0.1, 0.15) is 19.4 Å². The van der Waals surface area contributed by atoms with Gasteiger partial charge in [0.05, 0.1) is 5.69 Å². The normalized spacial score (nSPS) is 10.5. The minimum atomic E-state index is -0.446. The summed E-state index contributed by atoms with van der Waals surface area (Å²) in [5.74, 6) is 0.148. The van der Waals surface area contributed by atoms with Crippen molar-refractivity contribution >= 4 is 29.3 Å². The molecule has 2 rings (SSSR count). The maximum absolute atomic E-state index is 11.9. The van der Waals surface area contributed by atoms with Crippen LogP contribution in [0.15, 0.2) is 24.3 Å². The molecule has 0 unspecified atom stereocenters. The fraction of sp³-hybridized carbons (Fsp3) is 0.312. The van der Waals surface area contributed by atoms with Gasteiger partial charge in [0.15, 0.2) is 0 Å². The van der Waals surface area contributed by atoms with Gasteiger partial charge in [-0.05, 0) is 44.5 Å². The Balaban J connectivity index is 2.18. The Labute approximate surface area is 145 Å². The molecular formula is C16H17Cl2N3O2. The SMILES string of the molecule is CCN(CC)C(=O)Oc1ccc(-c2cc(Cl)c(C)c(Cl)c2)nn1. The molecule has 0 saturated carbocycles. The maximum atomic E-state index is 11.9. The first kappa shape index (κ1) is 17.5. The molecule has 122 valence electrons. The van der Waals surface area contributed by atoms with Gasteiger partial charge in [0.2, 0.25) is 5.88 Å². The predicted octanol–water partition coefficient (Wildman–Crippen LogP) is 4.60. The van der Waals surface area contributed by atoms with Crippen molar-refractivity contribution in [2.45, 2.75) is 20.8 Å². The van der Waals surface area contributed by atoms with E-state index in [0.717, 1.165) is 11.1 Å². The zero-order valence-electron chi connectivity index (χ0n) is 13.1. The predicted molar refractivity (Wildman–Crippen MR) is 91.2 cm³/mol. The number of amides is 1.